The summed E-state index contributed by atoms with van der Waals surface area (Å²) in [7, 11) is -3.64. The number of hydrogen-bond donors (Lipinski definition) is 2. The molecule has 2 heterocycles. The summed E-state index contributed by atoms with van der Waals surface area (Å²) in [6.07, 6.45) is 5.19. The van der Waals surface area contributed by atoms with Crippen LogP contribution in [0.3, 0.4) is 0 Å². The van der Waals surface area contributed by atoms with Gasteiger partial charge in [-0.2, -0.15) is 4.31 Å². The molecule has 0 bridgehead atoms. The molecule has 10 heteroatoms. The van der Waals surface area contributed by atoms with Crippen molar-refractivity contribution in [2.75, 3.05) is 38.0 Å². The Balaban J connectivity index is 1.58. The fraction of sp³-hybridized carbons (Fsp3) is 0.652. The smallest absolute Gasteiger partial charge is 0.243 e. The van der Waals surface area contributed by atoms with Gasteiger partial charge in [0.15, 0.2) is 0 Å². The van der Waals surface area contributed by atoms with Crippen LogP contribution in [0.25, 0.3) is 0 Å². The van der Waals surface area contributed by atoms with Crippen LogP contribution in [-0.4, -0.2) is 68.2 Å². The number of rotatable bonds is 7. The number of hydrogen-bond acceptors (Lipinski definition) is 5. The molecule has 1 aromatic carbocycles. The zero-order valence-corrected chi connectivity index (χ0v) is 21.1. The highest BCUT2D eigenvalue weighted by molar-refractivity contribution is 7.89. The molecule has 3 rings (SSSR count). The maximum Gasteiger partial charge on any atom is 0.243 e. The first kappa shape index (κ1) is 25.9. The summed E-state index contributed by atoms with van der Waals surface area (Å²) < 4.78 is 27.7. The summed E-state index contributed by atoms with van der Waals surface area (Å²) in [6, 6.07) is 4.57. The summed E-state index contributed by atoms with van der Waals surface area (Å²) in [5, 5.41) is 6.01. The fourth-order valence-corrected chi connectivity index (χ4v) is 6.05. The highest BCUT2D eigenvalue weighted by Crippen LogP contribution is 2.28. The van der Waals surface area contributed by atoms with Crippen LogP contribution in [0.4, 0.5) is 5.69 Å². The minimum absolute atomic E-state index is 0.0259. The monoisotopic (exact) mass is 498 g/mol. The van der Waals surface area contributed by atoms with Gasteiger partial charge in [0.1, 0.15) is 0 Å². The van der Waals surface area contributed by atoms with E-state index in [-0.39, 0.29) is 35.2 Å². The predicted octanol–water partition coefficient (Wildman–Crippen LogP) is 3.08. The molecule has 1 aromatic rings. The van der Waals surface area contributed by atoms with E-state index in [4.69, 9.17) is 11.6 Å². The van der Waals surface area contributed by atoms with Gasteiger partial charge in [-0.15, -0.1) is 0 Å². The standard InChI is InChI=1S/C23H35ClN4O4S/c1-17(2)25-23(30)18-9-13-27(14-10-18)16-22(29)26-21-15-19(7-8-20(21)24)33(31,32)28-11-5-3-4-6-12-28/h7-8,15,17-18H,3-6,9-14,16H2,1-2H3,(H,25,30)(H,26,29). The van der Waals surface area contributed by atoms with Gasteiger partial charge in [-0.25, -0.2) is 8.42 Å². The summed E-state index contributed by atoms with van der Waals surface area (Å²) in [5.41, 5.74) is 0.295. The van der Waals surface area contributed by atoms with Crippen LogP contribution in [0.15, 0.2) is 23.1 Å². The minimum atomic E-state index is -3.64. The number of benzene rings is 1. The molecular weight excluding hydrogens is 464 g/mol. The largest absolute Gasteiger partial charge is 0.354 e. The Bertz CT molecular complexity index is 938. The van der Waals surface area contributed by atoms with Crippen LogP contribution in [0.5, 0.6) is 0 Å². The van der Waals surface area contributed by atoms with E-state index < -0.39 is 10.0 Å². The number of carbonyl (C=O) groups excluding carboxylic acids is 2. The van der Waals surface area contributed by atoms with Gasteiger partial charge < -0.3 is 10.6 Å². The van der Waals surface area contributed by atoms with E-state index in [1.165, 1.54) is 22.5 Å². The second-order valence-corrected chi connectivity index (χ2v) is 11.6. The Kier molecular flexibility index (Phi) is 9.15. The van der Waals surface area contributed by atoms with Gasteiger partial charge in [-0.3, -0.25) is 14.5 Å². The Hall–Kier alpha value is -1.68. The number of likely N-dealkylation sites (tertiary alicyclic amines) is 1. The third-order valence-electron chi connectivity index (χ3n) is 6.17. The molecule has 2 N–H and O–H groups in total. The average Bonchev–Trinajstić information content (AvgIpc) is 3.05. The Labute approximate surface area is 202 Å². The van der Waals surface area contributed by atoms with E-state index in [1.807, 2.05) is 18.7 Å². The number of carbonyl (C=O) groups is 2. The summed E-state index contributed by atoms with van der Waals surface area (Å²) >= 11 is 6.26. The molecule has 0 radical (unpaired) electrons. The zero-order chi connectivity index (χ0) is 24.0. The molecule has 2 fully saturated rings. The first-order valence-corrected chi connectivity index (χ1v) is 13.6. The molecule has 0 aliphatic carbocycles. The normalized spacial score (nSPS) is 19.3. The molecule has 2 aliphatic heterocycles. The van der Waals surface area contributed by atoms with Crippen molar-refractivity contribution in [2.24, 2.45) is 5.92 Å². The number of nitrogens with zero attached hydrogens (tertiary/aromatic N) is 2. The lowest BCUT2D eigenvalue weighted by Crippen LogP contribution is -2.44. The van der Waals surface area contributed by atoms with Gasteiger partial charge in [0.25, 0.3) is 0 Å². The third kappa shape index (κ3) is 7.15. The number of amides is 2. The van der Waals surface area contributed by atoms with Gasteiger partial charge in [-0.1, -0.05) is 24.4 Å². The van der Waals surface area contributed by atoms with Crippen LogP contribution in [-0.2, 0) is 19.6 Å². The molecule has 0 spiro atoms. The maximum atomic E-state index is 13.1. The van der Waals surface area contributed by atoms with Crippen molar-refractivity contribution in [3.63, 3.8) is 0 Å². The molecule has 184 valence electrons. The third-order valence-corrected chi connectivity index (χ3v) is 8.40. The predicted molar refractivity (Wildman–Crippen MR) is 130 cm³/mol. The van der Waals surface area contributed by atoms with E-state index in [1.54, 1.807) is 0 Å². The minimum Gasteiger partial charge on any atom is -0.354 e. The topological polar surface area (TPSA) is 98.8 Å². The zero-order valence-electron chi connectivity index (χ0n) is 19.5. The van der Waals surface area contributed by atoms with Crippen molar-refractivity contribution < 1.29 is 18.0 Å². The van der Waals surface area contributed by atoms with E-state index in [2.05, 4.69) is 10.6 Å². The second kappa shape index (κ2) is 11.6. The van der Waals surface area contributed by atoms with E-state index in [0.717, 1.165) is 25.7 Å². The lowest BCUT2D eigenvalue weighted by atomic mass is 9.95. The van der Waals surface area contributed by atoms with Gasteiger partial charge in [-0.05, 0) is 70.8 Å². The molecule has 2 saturated heterocycles. The molecular formula is C23H35ClN4O4S. The van der Waals surface area contributed by atoms with Crippen LogP contribution in [0.2, 0.25) is 5.02 Å². The summed E-state index contributed by atoms with van der Waals surface area (Å²) in [5.74, 6) is -0.211. The average molecular weight is 499 g/mol. The van der Waals surface area contributed by atoms with Crippen LogP contribution < -0.4 is 10.6 Å². The molecule has 8 nitrogen and oxygen atoms in total. The lowest BCUT2D eigenvalue weighted by molar-refractivity contribution is -0.127. The SMILES string of the molecule is CC(C)NC(=O)C1CCN(CC(=O)Nc2cc(S(=O)(=O)N3CCCCCC3)ccc2Cl)CC1. The van der Waals surface area contributed by atoms with Gasteiger partial charge in [0, 0.05) is 25.0 Å². The highest BCUT2D eigenvalue weighted by Gasteiger charge is 2.28. The van der Waals surface area contributed by atoms with E-state index >= 15 is 0 Å². The Morgan fingerprint density at radius 3 is 2.30 bits per heavy atom. The lowest BCUT2D eigenvalue weighted by Gasteiger charge is -2.31. The van der Waals surface area contributed by atoms with Gasteiger partial charge >= 0.3 is 0 Å². The first-order chi connectivity index (χ1) is 15.7. The van der Waals surface area contributed by atoms with E-state index in [0.29, 0.717) is 49.7 Å². The van der Waals surface area contributed by atoms with Gasteiger partial charge in [0.05, 0.1) is 22.2 Å². The summed E-state index contributed by atoms with van der Waals surface area (Å²) in [4.78, 5) is 27.0. The molecule has 0 atom stereocenters. The fourth-order valence-electron chi connectivity index (χ4n) is 4.34. The molecule has 2 aliphatic rings. The molecule has 0 unspecified atom stereocenters. The molecule has 0 saturated carbocycles. The van der Waals surface area contributed by atoms with E-state index in [9.17, 15) is 18.0 Å². The Morgan fingerprint density at radius 1 is 1.06 bits per heavy atom. The number of nitrogens with one attached hydrogen (secondary N) is 2. The van der Waals surface area contributed by atoms with Crippen LogP contribution in [0.1, 0.15) is 52.4 Å². The highest BCUT2D eigenvalue weighted by atomic mass is 35.5. The summed E-state index contributed by atoms with van der Waals surface area (Å²) in [6.45, 7) is 6.38. The number of sulfonamides is 1. The second-order valence-electron chi connectivity index (χ2n) is 9.22. The number of anilines is 1. The van der Waals surface area contributed by atoms with Crippen molar-refractivity contribution >= 4 is 39.1 Å². The van der Waals surface area contributed by atoms with Crippen molar-refractivity contribution in [1.29, 1.82) is 0 Å². The first-order valence-electron chi connectivity index (χ1n) is 11.8. The number of halogens is 1. The molecule has 2 amide bonds. The van der Waals surface area contributed by atoms with Crippen molar-refractivity contribution in [1.82, 2.24) is 14.5 Å². The van der Waals surface area contributed by atoms with Crippen LogP contribution >= 0.6 is 11.6 Å². The number of piperidine rings is 1. The molecule has 33 heavy (non-hydrogen) atoms. The van der Waals surface area contributed by atoms with Gasteiger partial charge in [0.2, 0.25) is 21.8 Å². The molecule has 0 aromatic heterocycles. The van der Waals surface area contributed by atoms with Crippen LogP contribution in [0, 0.1) is 5.92 Å². The van der Waals surface area contributed by atoms with Crippen molar-refractivity contribution in [3.8, 4) is 0 Å². The quantitative estimate of drug-likeness (QED) is 0.602. The van der Waals surface area contributed by atoms with Crippen molar-refractivity contribution in [2.45, 2.75) is 63.3 Å². The van der Waals surface area contributed by atoms with Crippen molar-refractivity contribution in [3.05, 3.63) is 23.2 Å². The Morgan fingerprint density at radius 2 is 1.70 bits per heavy atom. The maximum absolute atomic E-state index is 13.1.